The number of benzene rings is 1. The van der Waals surface area contributed by atoms with E-state index in [2.05, 4.69) is 49.5 Å². The van der Waals surface area contributed by atoms with Crippen molar-refractivity contribution in [3.63, 3.8) is 0 Å². The van der Waals surface area contributed by atoms with Gasteiger partial charge in [0.05, 0.1) is 0 Å². The molecule has 2 nitrogen and oxygen atoms in total. The van der Waals surface area contributed by atoms with E-state index >= 15 is 0 Å². The van der Waals surface area contributed by atoms with Crippen molar-refractivity contribution in [2.24, 2.45) is 11.8 Å². The maximum absolute atomic E-state index is 8.90. The van der Waals surface area contributed by atoms with Gasteiger partial charge in [-0.15, -0.1) is 0 Å². The van der Waals surface area contributed by atoms with Crippen LogP contribution in [0.2, 0.25) is 0 Å². The standard InChI is InChI=1S/C18H27NO/c1-14-9-15(2)11-17(10-14)13-19-18-7-3-5-16(12-18)6-4-8-20/h3,5,7,9,12,14,17,19-20H,4,6,8,10-11,13H2,1-2H3. The van der Waals surface area contributed by atoms with Gasteiger partial charge in [0.1, 0.15) is 0 Å². The van der Waals surface area contributed by atoms with Crippen molar-refractivity contribution >= 4 is 5.69 Å². The second-order valence-corrected chi connectivity index (χ2v) is 6.20. The van der Waals surface area contributed by atoms with Crippen LogP contribution in [-0.2, 0) is 6.42 Å². The molecule has 1 aromatic rings. The molecular formula is C18H27NO. The number of anilines is 1. The first-order valence-corrected chi connectivity index (χ1v) is 7.78. The second-order valence-electron chi connectivity index (χ2n) is 6.20. The Morgan fingerprint density at radius 1 is 1.35 bits per heavy atom. The normalized spacial score (nSPS) is 22.4. The van der Waals surface area contributed by atoms with Crippen LogP contribution in [0.15, 0.2) is 35.9 Å². The molecule has 20 heavy (non-hydrogen) atoms. The minimum Gasteiger partial charge on any atom is -0.396 e. The average molecular weight is 273 g/mol. The number of aryl methyl sites for hydroxylation is 1. The number of aliphatic hydroxyl groups excluding tert-OH is 1. The van der Waals surface area contributed by atoms with Crippen molar-refractivity contribution in [3.8, 4) is 0 Å². The predicted molar refractivity (Wildman–Crippen MR) is 86.0 cm³/mol. The van der Waals surface area contributed by atoms with Gasteiger partial charge in [0, 0.05) is 18.8 Å². The monoisotopic (exact) mass is 273 g/mol. The summed E-state index contributed by atoms with van der Waals surface area (Å²) in [6.07, 6.45) is 6.71. The Labute approximate surface area is 122 Å². The molecule has 1 aliphatic carbocycles. The molecule has 0 fully saturated rings. The molecule has 0 bridgehead atoms. The summed E-state index contributed by atoms with van der Waals surface area (Å²) in [5.41, 5.74) is 4.05. The van der Waals surface area contributed by atoms with Crippen LogP contribution in [0.1, 0.15) is 38.7 Å². The maximum Gasteiger partial charge on any atom is 0.0434 e. The zero-order valence-electron chi connectivity index (χ0n) is 12.7. The van der Waals surface area contributed by atoms with Gasteiger partial charge in [-0.2, -0.15) is 0 Å². The van der Waals surface area contributed by atoms with Crippen molar-refractivity contribution in [2.75, 3.05) is 18.5 Å². The van der Waals surface area contributed by atoms with Crippen LogP contribution < -0.4 is 5.32 Å². The second kappa shape index (κ2) is 7.49. The Morgan fingerprint density at radius 2 is 2.20 bits per heavy atom. The first kappa shape index (κ1) is 15.1. The summed E-state index contributed by atoms with van der Waals surface area (Å²) in [4.78, 5) is 0. The number of hydrogen-bond donors (Lipinski definition) is 2. The van der Waals surface area contributed by atoms with E-state index in [0.717, 1.165) is 25.3 Å². The summed E-state index contributed by atoms with van der Waals surface area (Å²) in [6, 6.07) is 8.59. The molecule has 2 heteroatoms. The van der Waals surface area contributed by atoms with E-state index in [0.29, 0.717) is 5.92 Å². The van der Waals surface area contributed by atoms with Gasteiger partial charge in [-0.25, -0.2) is 0 Å². The quantitative estimate of drug-likeness (QED) is 0.767. The SMILES string of the molecule is CC1=CC(C)CC(CNc2cccc(CCCO)c2)C1. The smallest absolute Gasteiger partial charge is 0.0434 e. The summed E-state index contributed by atoms with van der Waals surface area (Å²) >= 11 is 0. The molecule has 110 valence electrons. The largest absolute Gasteiger partial charge is 0.396 e. The highest BCUT2D eigenvalue weighted by molar-refractivity contribution is 5.45. The lowest BCUT2D eigenvalue weighted by molar-refractivity contribution is 0.288. The van der Waals surface area contributed by atoms with E-state index in [1.165, 1.54) is 29.7 Å². The third-order valence-corrected chi connectivity index (χ3v) is 4.03. The molecule has 2 atom stereocenters. The molecule has 0 aromatic heterocycles. The Hall–Kier alpha value is -1.28. The van der Waals surface area contributed by atoms with E-state index in [9.17, 15) is 0 Å². The average Bonchev–Trinajstić information content (AvgIpc) is 2.42. The topological polar surface area (TPSA) is 32.3 Å². The summed E-state index contributed by atoms with van der Waals surface area (Å²) in [5, 5.41) is 12.5. The lowest BCUT2D eigenvalue weighted by atomic mass is 9.84. The summed E-state index contributed by atoms with van der Waals surface area (Å²) in [6.45, 7) is 5.88. The van der Waals surface area contributed by atoms with Crippen molar-refractivity contribution in [3.05, 3.63) is 41.5 Å². The third-order valence-electron chi connectivity index (χ3n) is 4.03. The fourth-order valence-corrected chi connectivity index (χ4v) is 3.22. The van der Waals surface area contributed by atoms with E-state index in [1.807, 2.05) is 0 Å². The molecule has 0 spiro atoms. The fraction of sp³-hybridized carbons (Fsp3) is 0.556. The van der Waals surface area contributed by atoms with Gasteiger partial charge >= 0.3 is 0 Å². The Kier molecular flexibility index (Phi) is 5.66. The molecule has 1 aliphatic rings. The summed E-state index contributed by atoms with van der Waals surface area (Å²) < 4.78 is 0. The van der Waals surface area contributed by atoms with Gasteiger partial charge in [0.2, 0.25) is 0 Å². The molecular weight excluding hydrogens is 246 g/mol. The van der Waals surface area contributed by atoms with Crippen LogP contribution in [-0.4, -0.2) is 18.3 Å². The molecule has 0 aliphatic heterocycles. The number of allylic oxidation sites excluding steroid dienone is 2. The van der Waals surface area contributed by atoms with E-state index in [4.69, 9.17) is 5.11 Å². The molecule has 2 rings (SSSR count). The van der Waals surface area contributed by atoms with Crippen molar-refractivity contribution < 1.29 is 5.11 Å². The van der Waals surface area contributed by atoms with Crippen molar-refractivity contribution in [2.45, 2.75) is 39.5 Å². The summed E-state index contributed by atoms with van der Waals surface area (Å²) in [5.74, 6) is 1.46. The lowest BCUT2D eigenvalue weighted by Gasteiger charge is -2.26. The number of hydrogen-bond acceptors (Lipinski definition) is 2. The van der Waals surface area contributed by atoms with Crippen LogP contribution in [0.3, 0.4) is 0 Å². The Morgan fingerprint density at radius 3 is 2.95 bits per heavy atom. The fourth-order valence-electron chi connectivity index (χ4n) is 3.22. The molecule has 0 saturated heterocycles. The van der Waals surface area contributed by atoms with E-state index in [-0.39, 0.29) is 6.61 Å². The first-order valence-electron chi connectivity index (χ1n) is 7.78. The van der Waals surface area contributed by atoms with Gasteiger partial charge < -0.3 is 10.4 Å². The van der Waals surface area contributed by atoms with Gasteiger partial charge in [-0.3, -0.25) is 0 Å². The Balaban J connectivity index is 1.86. The highest BCUT2D eigenvalue weighted by Crippen LogP contribution is 2.28. The van der Waals surface area contributed by atoms with Crippen molar-refractivity contribution in [1.82, 2.24) is 0 Å². The Bertz CT molecular complexity index is 452. The van der Waals surface area contributed by atoms with Gasteiger partial charge in [-0.05, 0) is 62.1 Å². The van der Waals surface area contributed by atoms with Gasteiger partial charge in [-0.1, -0.05) is 30.7 Å². The van der Waals surface area contributed by atoms with Gasteiger partial charge in [0.15, 0.2) is 0 Å². The molecule has 0 amide bonds. The highest BCUT2D eigenvalue weighted by Gasteiger charge is 2.17. The molecule has 2 N–H and O–H groups in total. The molecule has 2 unspecified atom stereocenters. The predicted octanol–water partition coefficient (Wildman–Crippen LogP) is 4.02. The number of nitrogens with one attached hydrogen (secondary N) is 1. The zero-order valence-corrected chi connectivity index (χ0v) is 12.7. The van der Waals surface area contributed by atoms with Crippen LogP contribution in [0.25, 0.3) is 0 Å². The van der Waals surface area contributed by atoms with E-state index in [1.54, 1.807) is 0 Å². The number of aliphatic hydroxyl groups is 1. The van der Waals surface area contributed by atoms with Gasteiger partial charge in [0.25, 0.3) is 0 Å². The first-order chi connectivity index (χ1) is 9.67. The number of rotatable bonds is 6. The van der Waals surface area contributed by atoms with Crippen LogP contribution in [0, 0.1) is 11.8 Å². The molecule has 0 radical (unpaired) electrons. The third kappa shape index (κ3) is 4.68. The van der Waals surface area contributed by atoms with E-state index < -0.39 is 0 Å². The zero-order chi connectivity index (χ0) is 14.4. The maximum atomic E-state index is 8.90. The molecule has 0 saturated carbocycles. The molecule has 0 heterocycles. The van der Waals surface area contributed by atoms with Crippen molar-refractivity contribution in [1.29, 1.82) is 0 Å². The molecule has 1 aromatic carbocycles. The minimum atomic E-state index is 0.267. The minimum absolute atomic E-state index is 0.267. The highest BCUT2D eigenvalue weighted by atomic mass is 16.2. The summed E-state index contributed by atoms with van der Waals surface area (Å²) in [7, 11) is 0. The lowest BCUT2D eigenvalue weighted by Crippen LogP contribution is -2.20. The van der Waals surface area contributed by atoms with Crippen LogP contribution >= 0.6 is 0 Å². The van der Waals surface area contributed by atoms with Crippen LogP contribution in [0.5, 0.6) is 0 Å². The van der Waals surface area contributed by atoms with Crippen LogP contribution in [0.4, 0.5) is 5.69 Å².